The number of rotatable bonds is 6. The fourth-order valence-corrected chi connectivity index (χ4v) is 1.98. The van der Waals surface area contributed by atoms with E-state index in [1.54, 1.807) is 6.07 Å². The van der Waals surface area contributed by atoms with Gasteiger partial charge in [0.25, 0.3) is 0 Å². The van der Waals surface area contributed by atoms with Crippen LogP contribution in [0.15, 0.2) is 18.2 Å². The summed E-state index contributed by atoms with van der Waals surface area (Å²) in [6, 6.07) is 4.30. The summed E-state index contributed by atoms with van der Waals surface area (Å²) in [5.41, 5.74) is 0.828. The molecule has 5 heteroatoms. The number of benzene rings is 1. The van der Waals surface area contributed by atoms with Gasteiger partial charge in [-0.2, -0.15) is 0 Å². The third-order valence-corrected chi connectivity index (χ3v) is 2.93. The van der Waals surface area contributed by atoms with Crippen molar-refractivity contribution in [3.63, 3.8) is 0 Å². The average Bonchev–Trinajstić information content (AvgIpc) is 2.29. The first-order chi connectivity index (χ1) is 8.54. The average molecular weight is 273 g/mol. The van der Waals surface area contributed by atoms with Crippen molar-refractivity contribution < 1.29 is 9.18 Å². The molecule has 0 radical (unpaired) electrons. The van der Waals surface area contributed by atoms with Crippen LogP contribution in [-0.2, 0) is 4.79 Å². The van der Waals surface area contributed by atoms with Gasteiger partial charge < -0.3 is 10.6 Å². The van der Waals surface area contributed by atoms with E-state index in [9.17, 15) is 9.18 Å². The van der Waals surface area contributed by atoms with Crippen molar-refractivity contribution in [3.8, 4) is 0 Å². The molecule has 0 aromatic heterocycles. The van der Waals surface area contributed by atoms with Crippen LogP contribution < -0.4 is 10.6 Å². The maximum absolute atomic E-state index is 12.9. The van der Waals surface area contributed by atoms with Gasteiger partial charge in [-0.15, -0.1) is 0 Å². The zero-order valence-corrected chi connectivity index (χ0v) is 11.4. The molecule has 1 aromatic rings. The minimum Gasteiger partial charge on any atom is -0.356 e. The minimum absolute atomic E-state index is 0.0161. The molecule has 0 aliphatic rings. The summed E-state index contributed by atoms with van der Waals surface area (Å²) in [7, 11) is 0. The zero-order chi connectivity index (χ0) is 13.5. The van der Waals surface area contributed by atoms with E-state index in [0.717, 1.165) is 5.56 Å². The molecule has 1 rings (SSSR count). The third-order valence-electron chi connectivity index (χ3n) is 2.61. The molecule has 1 aromatic carbocycles. The first-order valence-corrected chi connectivity index (χ1v) is 6.37. The Balaban J connectivity index is 2.45. The Hall–Kier alpha value is -1.13. The molecule has 2 N–H and O–H groups in total. The normalized spacial score (nSPS) is 12.2. The van der Waals surface area contributed by atoms with Crippen LogP contribution in [0.5, 0.6) is 0 Å². The molecule has 0 aliphatic heterocycles. The van der Waals surface area contributed by atoms with Crippen LogP contribution in [0.2, 0.25) is 5.02 Å². The molecule has 1 unspecified atom stereocenters. The minimum atomic E-state index is -0.349. The molecular weight excluding hydrogens is 255 g/mol. The lowest BCUT2D eigenvalue weighted by Crippen LogP contribution is -2.28. The van der Waals surface area contributed by atoms with Crippen LogP contribution in [0.1, 0.15) is 31.9 Å². The van der Waals surface area contributed by atoms with Crippen molar-refractivity contribution in [1.82, 2.24) is 10.6 Å². The van der Waals surface area contributed by atoms with Crippen molar-refractivity contribution in [2.45, 2.75) is 26.3 Å². The number of hydrogen-bond donors (Lipinski definition) is 2. The molecule has 1 amide bonds. The summed E-state index contributed by atoms with van der Waals surface area (Å²) >= 11 is 5.96. The van der Waals surface area contributed by atoms with Crippen LogP contribution in [0.4, 0.5) is 4.39 Å². The summed E-state index contributed by atoms with van der Waals surface area (Å²) < 4.78 is 12.9. The van der Waals surface area contributed by atoms with E-state index in [4.69, 9.17) is 11.6 Å². The van der Waals surface area contributed by atoms with Crippen LogP contribution in [-0.4, -0.2) is 19.0 Å². The largest absolute Gasteiger partial charge is 0.356 e. The monoisotopic (exact) mass is 272 g/mol. The number of halogens is 2. The van der Waals surface area contributed by atoms with Gasteiger partial charge in [0.1, 0.15) is 5.82 Å². The second kappa shape index (κ2) is 7.34. The highest BCUT2D eigenvalue weighted by atomic mass is 35.5. The topological polar surface area (TPSA) is 41.1 Å². The first-order valence-electron chi connectivity index (χ1n) is 5.99. The van der Waals surface area contributed by atoms with Gasteiger partial charge in [-0.05, 0) is 31.5 Å². The number of carbonyl (C=O) groups excluding carboxylic acids is 1. The molecule has 0 heterocycles. The van der Waals surface area contributed by atoms with Gasteiger partial charge in [-0.3, -0.25) is 4.79 Å². The Bertz CT molecular complexity index is 412. The molecule has 0 bridgehead atoms. The SMILES string of the molecule is CCNC(=O)CCNC(C)c1ccc(F)cc1Cl. The van der Waals surface area contributed by atoms with Gasteiger partial charge in [0.15, 0.2) is 0 Å². The second-order valence-corrected chi connectivity index (χ2v) is 4.45. The van der Waals surface area contributed by atoms with Gasteiger partial charge in [0.2, 0.25) is 5.91 Å². The van der Waals surface area contributed by atoms with E-state index >= 15 is 0 Å². The lowest BCUT2D eigenvalue weighted by atomic mass is 10.1. The Labute approximate surface area is 112 Å². The summed E-state index contributed by atoms with van der Waals surface area (Å²) in [5, 5.41) is 6.30. The number of amides is 1. The number of hydrogen-bond acceptors (Lipinski definition) is 2. The number of nitrogens with one attached hydrogen (secondary N) is 2. The predicted molar refractivity (Wildman–Crippen MR) is 71.1 cm³/mol. The molecular formula is C13H18ClFN2O. The molecule has 0 saturated heterocycles. The van der Waals surface area contributed by atoms with Crippen LogP contribution in [0.3, 0.4) is 0 Å². The Morgan fingerprint density at radius 3 is 2.83 bits per heavy atom. The van der Waals surface area contributed by atoms with Gasteiger partial charge in [-0.25, -0.2) is 4.39 Å². The fraction of sp³-hybridized carbons (Fsp3) is 0.462. The maximum Gasteiger partial charge on any atom is 0.221 e. The van der Waals surface area contributed by atoms with Crippen molar-refractivity contribution in [2.24, 2.45) is 0 Å². The molecule has 0 saturated carbocycles. The Morgan fingerprint density at radius 2 is 2.22 bits per heavy atom. The van der Waals surface area contributed by atoms with E-state index in [1.807, 2.05) is 13.8 Å². The van der Waals surface area contributed by atoms with E-state index < -0.39 is 0 Å². The maximum atomic E-state index is 12.9. The quantitative estimate of drug-likeness (QED) is 0.836. The zero-order valence-electron chi connectivity index (χ0n) is 10.6. The van der Waals surface area contributed by atoms with E-state index in [2.05, 4.69) is 10.6 Å². The smallest absolute Gasteiger partial charge is 0.221 e. The second-order valence-electron chi connectivity index (χ2n) is 4.05. The fourth-order valence-electron chi connectivity index (χ4n) is 1.65. The molecule has 0 aliphatic carbocycles. The van der Waals surface area contributed by atoms with Crippen LogP contribution >= 0.6 is 11.6 Å². The van der Waals surface area contributed by atoms with Gasteiger partial charge >= 0.3 is 0 Å². The summed E-state index contributed by atoms with van der Waals surface area (Å²) in [6.07, 6.45) is 0.414. The molecule has 1 atom stereocenters. The van der Waals surface area contributed by atoms with Gasteiger partial charge in [0.05, 0.1) is 0 Å². The lowest BCUT2D eigenvalue weighted by Gasteiger charge is -2.15. The highest BCUT2D eigenvalue weighted by Gasteiger charge is 2.10. The Kier molecular flexibility index (Phi) is 6.09. The Morgan fingerprint density at radius 1 is 1.50 bits per heavy atom. The molecule has 100 valence electrons. The molecule has 3 nitrogen and oxygen atoms in total. The van der Waals surface area contributed by atoms with Gasteiger partial charge in [0, 0.05) is 30.6 Å². The highest BCUT2D eigenvalue weighted by Crippen LogP contribution is 2.23. The summed E-state index contributed by atoms with van der Waals surface area (Å²) in [6.45, 7) is 5.00. The van der Waals surface area contributed by atoms with Crippen LogP contribution in [0, 0.1) is 5.82 Å². The molecule has 0 spiro atoms. The summed E-state index contributed by atoms with van der Waals surface area (Å²) in [5.74, 6) is -0.333. The molecule has 0 fully saturated rings. The van der Waals surface area contributed by atoms with Crippen molar-refractivity contribution in [2.75, 3.05) is 13.1 Å². The lowest BCUT2D eigenvalue weighted by molar-refractivity contribution is -0.120. The van der Waals surface area contributed by atoms with E-state index in [1.165, 1.54) is 12.1 Å². The number of carbonyl (C=O) groups is 1. The van der Waals surface area contributed by atoms with Crippen molar-refractivity contribution in [3.05, 3.63) is 34.6 Å². The summed E-state index contributed by atoms with van der Waals surface area (Å²) in [4.78, 5) is 11.2. The van der Waals surface area contributed by atoms with Crippen molar-refractivity contribution in [1.29, 1.82) is 0 Å². The van der Waals surface area contributed by atoms with Crippen LogP contribution in [0.25, 0.3) is 0 Å². The van der Waals surface area contributed by atoms with E-state index in [-0.39, 0.29) is 17.8 Å². The standard InChI is InChI=1S/C13H18ClFN2O/c1-3-16-13(18)6-7-17-9(2)11-5-4-10(15)8-12(11)14/h4-5,8-9,17H,3,6-7H2,1-2H3,(H,16,18). The third kappa shape index (κ3) is 4.63. The highest BCUT2D eigenvalue weighted by molar-refractivity contribution is 6.31. The first kappa shape index (κ1) is 14.9. The van der Waals surface area contributed by atoms with Crippen molar-refractivity contribution >= 4 is 17.5 Å². The van der Waals surface area contributed by atoms with E-state index in [0.29, 0.717) is 24.5 Å². The molecule has 18 heavy (non-hydrogen) atoms. The predicted octanol–water partition coefficient (Wildman–Crippen LogP) is 2.66. The van der Waals surface area contributed by atoms with Gasteiger partial charge in [-0.1, -0.05) is 17.7 Å².